The van der Waals surface area contributed by atoms with Gasteiger partial charge in [0.15, 0.2) is 0 Å². The zero-order valence-electron chi connectivity index (χ0n) is 15.5. The van der Waals surface area contributed by atoms with Crippen LogP contribution in [0.25, 0.3) is 0 Å². The maximum Gasteiger partial charge on any atom is 0.573 e. The summed E-state index contributed by atoms with van der Waals surface area (Å²) >= 11 is 1.11. The van der Waals surface area contributed by atoms with Crippen molar-refractivity contribution in [3.63, 3.8) is 0 Å². The van der Waals surface area contributed by atoms with Crippen molar-refractivity contribution in [2.24, 2.45) is 10.9 Å². The molecule has 0 unspecified atom stereocenters. The normalized spacial score (nSPS) is 19.9. The van der Waals surface area contributed by atoms with Crippen molar-refractivity contribution in [3.05, 3.63) is 40.8 Å². The number of ether oxygens (including phenoxy) is 1. The second kappa shape index (κ2) is 9.37. The van der Waals surface area contributed by atoms with E-state index in [0.717, 1.165) is 48.2 Å². The minimum absolute atomic E-state index is 0.217. The van der Waals surface area contributed by atoms with E-state index >= 15 is 0 Å². The summed E-state index contributed by atoms with van der Waals surface area (Å²) in [6.07, 6.45) is 4.50. The van der Waals surface area contributed by atoms with Crippen LogP contribution in [0.5, 0.6) is 5.75 Å². The molecule has 0 radical (unpaired) electrons. The molecule has 9 heteroatoms. The summed E-state index contributed by atoms with van der Waals surface area (Å²) in [6.45, 7) is 2.70. The van der Waals surface area contributed by atoms with Crippen LogP contribution in [0.15, 0.2) is 40.2 Å². The molecule has 0 aromatic heterocycles. The maximum absolute atomic E-state index is 12.2. The number of nitrogens with zero attached hydrogens (tertiary/aromatic N) is 2. The van der Waals surface area contributed by atoms with Gasteiger partial charge in [-0.25, -0.2) is 0 Å². The largest absolute Gasteiger partial charge is 0.573 e. The first kappa shape index (κ1) is 21.3. The van der Waals surface area contributed by atoms with Gasteiger partial charge in [-0.2, -0.15) is 4.99 Å². The Labute approximate surface area is 171 Å². The SMILES string of the molecule is C#CCNC1=NC(=O)S/C1=C\C1CCN(Cc2ccc(OC(F)(F)F)cc2)CC1. The summed E-state index contributed by atoms with van der Waals surface area (Å²) in [5, 5.41) is 2.73. The number of aliphatic imine (C=N–C) groups is 1. The molecule has 1 N–H and O–H groups in total. The van der Waals surface area contributed by atoms with Gasteiger partial charge >= 0.3 is 11.6 Å². The van der Waals surface area contributed by atoms with E-state index < -0.39 is 6.36 Å². The minimum Gasteiger partial charge on any atom is -0.406 e. The van der Waals surface area contributed by atoms with Crippen molar-refractivity contribution >= 4 is 22.8 Å². The third kappa shape index (κ3) is 6.54. The highest BCUT2D eigenvalue weighted by atomic mass is 32.2. The van der Waals surface area contributed by atoms with Gasteiger partial charge in [0.25, 0.3) is 0 Å². The third-order valence-corrected chi connectivity index (χ3v) is 5.39. The zero-order valence-corrected chi connectivity index (χ0v) is 16.4. The number of hydrogen-bond acceptors (Lipinski definition) is 5. The fraction of sp³-hybridized carbons (Fsp3) is 0.400. The molecule has 0 saturated carbocycles. The first-order valence-electron chi connectivity index (χ1n) is 9.09. The summed E-state index contributed by atoms with van der Waals surface area (Å²) in [4.78, 5) is 18.6. The molecule has 0 aliphatic carbocycles. The Kier molecular flexibility index (Phi) is 6.87. The van der Waals surface area contributed by atoms with E-state index in [2.05, 4.69) is 31.9 Å². The fourth-order valence-corrected chi connectivity index (χ4v) is 4.03. The van der Waals surface area contributed by atoms with E-state index in [1.165, 1.54) is 12.1 Å². The van der Waals surface area contributed by atoms with Crippen molar-refractivity contribution < 1.29 is 22.7 Å². The van der Waals surface area contributed by atoms with Gasteiger partial charge in [0.05, 0.1) is 11.4 Å². The zero-order chi connectivity index (χ0) is 20.9. The molecule has 1 aromatic rings. The van der Waals surface area contributed by atoms with Gasteiger partial charge < -0.3 is 10.1 Å². The average Bonchev–Trinajstić information content (AvgIpc) is 3.01. The Morgan fingerprint density at radius 1 is 1.31 bits per heavy atom. The molecule has 154 valence electrons. The Bertz CT molecular complexity index is 836. The van der Waals surface area contributed by atoms with Crippen LogP contribution in [-0.4, -0.2) is 42.0 Å². The van der Waals surface area contributed by atoms with Crippen LogP contribution >= 0.6 is 11.8 Å². The van der Waals surface area contributed by atoms with Crippen LogP contribution in [0, 0.1) is 18.3 Å². The number of amidine groups is 1. The van der Waals surface area contributed by atoms with Crippen molar-refractivity contribution in [3.8, 4) is 18.1 Å². The monoisotopic (exact) mass is 423 g/mol. The Hall–Kier alpha value is -2.44. The Balaban J connectivity index is 1.50. The lowest BCUT2D eigenvalue weighted by Gasteiger charge is -2.31. The number of thioether (sulfide) groups is 1. The summed E-state index contributed by atoms with van der Waals surface area (Å²) in [5.41, 5.74) is 0.932. The number of benzene rings is 1. The molecular weight excluding hydrogens is 403 g/mol. The minimum atomic E-state index is -4.68. The van der Waals surface area contributed by atoms with Crippen LogP contribution in [0.1, 0.15) is 18.4 Å². The number of hydrogen-bond donors (Lipinski definition) is 1. The number of terminal acetylenes is 1. The number of rotatable bonds is 5. The van der Waals surface area contributed by atoms with Gasteiger partial charge in [-0.15, -0.1) is 19.6 Å². The topological polar surface area (TPSA) is 53.9 Å². The molecule has 1 fully saturated rings. The molecule has 29 heavy (non-hydrogen) atoms. The predicted octanol–water partition coefficient (Wildman–Crippen LogP) is 4.17. The lowest BCUT2D eigenvalue weighted by molar-refractivity contribution is -0.274. The van der Waals surface area contributed by atoms with Gasteiger partial charge in [-0.05, 0) is 61.3 Å². The van der Waals surface area contributed by atoms with Crippen LogP contribution < -0.4 is 10.1 Å². The van der Waals surface area contributed by atoms with E-state index in [9.17, 15) is 18.0 Å². The van der Waals surface area contributed by atoms with Crippen molar-refractivity contribution in [1.29, 1.82) is 0 Å². The van der Waals surface area contributed by atoms with Gasteiger partial charge in [-0.3, -0.25) is 9.69 Å². The highest BCUT2D eigenvalue weighted by Gasteiger charge is 2.31. The van der Waals surface area contributed by atoms with E-state index in [-0.39, 0.29) is 11.0 Å². The lowest BCUT2D eigenvalue weighted by atomic mass is 9.96. The van der Waals surface area contributed by atoms with Crippen LogP contribution in [0.2, 0.25) is 0 Å². The number of carbonyl (C=O) groups is 1. The molecule has 1 amide bonds. The maximum atomic E-state index is 12.2. The number of amides is 1. The quantitative estimate of drug-likeness (QED) is 0.721. The molecule has 5 nitrogen and oxygen atoms in total. The van der Waals surface area contributed by atoms with Gasteiger partial charge in [0.2, 0.25) is 0 Å². The Morgan fingerprint density at radius 2 is 2.00 bits per heavy atom. The number of halogens is 3. The number of likely N-dealkylation sites (tertiary alicyclic amines) is 1. The van der Waals surface area contributed by atoms with E-state index in [1.54, 1.807) is 12.1 Å². The molecule has 1 saturated heterocycles. The van der Waals surface area contributed by atoms with Crippen LogP contribution in [-0.2, 0) is 6.54 Å². The molecule has 0 atom stereocenters. The van der Waals surface area contributed by atoms with Crippen molar-refractivity contribution in [1.82, 2.24) is 10.2 Å². The average molecular weight is 423 g/mol. The Morgan fingerprint density at radius 3 is 2.62 bits per heavy atom. The van der Waals surface area contributed by atoms with Crippen LogP contribution in [0.4, 0.5) is 18.0 Å². The van der Waals surface area contributed by atoms with E-state index in [0.29, 0.717) is 24.8 Å². The van der Waals surface area contributed by atoms with Gasteiger partial charge in [-0.1, -0.05) is 24.1 Å². The number of nitrogens with one attached hydrogen (secondary N) is 1. The number of alkyl halides is 3. The smallest absolute Gasteiger partial charge is 0.406 e. The molecule has 3 rings (SSSR count). The summed E-state index contributed by atoms with van der Waals surface area (Å²) < 4.78 is 40.6. The van der Waals surface area contributed by atoms with E-state index in [4.69, 9.17) is 6.42 Å². The number of carbonyl (C=O) groups excluding carboxylic acids is 1. The van der Waals surface area contributed by atoms with Gasteiger partial charge in [0, 0.05) is 6.54 Å². The molecule has 2 aliphatic rings. The lowest BCUT2D eigenvalue weighted by Crippen LogP contribution is -2.33. The molecule has 0 bridgehead atoms. The predicted molar refractivity (Wildman–Crippen MR) is 106 cm³/mol. The standard InChI is InChI=1S/C20H20F3N3O2S/c1-2-9-24-18-17(29-19(27)25-18)12-14-7-10-26(11-8-14)13-15-3-5-16(6-4-15)28-20(21,22)23/h1,3-6,12,14H,7-11,13H2,(H,24,25,27)/b17-12-. The van der Waals surface area contributed by atoms with E-state index in [1.807, 2.05) is 0 Å². The molecule has 2 aliphatic heterocycles. The molecular formula is C20H20F3N3O2S. The highest BCUT2D eigenvalue weighted by Crippen LogP contribution is 2.30. The second-order valence-electron chi connectivity index (χ2n) is 6.72. The summed E-state index contributed by atoms with van der Waals surface area (Å²) in [6, 6.07) is 5.96. The van der Waals surface area contributed by atoms with Crippen LogP contribution in [0.3, 0.4) is 0 Å². The third-order valence-electron chi connectivity index (χ3n) is 4.57. The molecule has 2 heterocycles. The summed E-state index contributed by atoms with van der Waals surface area (Å²) in [7, 11) is 0. The molecule has 1 aromatic carbocycles. The van der Waals surface area contributed by atoms with Crippen molar-refractivity contribution in [2.45, 2.75) is 25.7 Å². The second-order valence-corrected chi connectivity index (χ2v) is 7.72. The number of piperidine rings is 1. The first-order chi connectivity index (χ1) is 13.8. The van der Waals surface area contributed by atoms with Gasteiger partial charge in [0.1, 0.15) is 11.6 Å². The first-order valence-corrected chi connectivity index (χ1v) is 9.91. The highest BCUT2D eigenvalue weighted by molar-refractivity contribution is 8.18. The molecule has 0 spiro atoms. The van der Waals surface area contributed by atoms with Crippen molar-refractivity contribution in [2.75, 3.05) is 19.6 Å². The number of allylic oxidation sites excluding steroid dienone is 1. The summed E-state index contributed by atoms with van der Waals surface area (Å²) in [5.74, 6) is 3.13. The fourth-order valence-electron chi connectivity index (χ4n) is 3.23.